The quantitative estimate of drug-likeness (QED) is 0.895. The third-order valence-corrected chi connectivity index (χ3v) is 4.24. The van der Waals surface area contributed by atoms with Crippen molar-refractivity contribution in [2.24, 2.45) is 0 Å². The summed E-state index contributed by atoms with van der Waals surface area (Å²) in [5.74, 6) is 0. The van der Waals surface area contributed by atoms with Gasteiger partial charge in [-0.15, -0.1) is 0 Å². The Hall–Kier alpha value is -1.72. The van der Waals surface area contributed by atoms with Crippen LogP contribution in [0.4, 0.5) is 5.69 Å². The van der Waals surface area contributed by atoms with Crippen molar-refractivity contribution >= 4 is 16.7 Å². The molecule has 3 rings (SSSR count). The molecule has 1 fully saturated rings. The number of nitrogens with zero attached hydrogens (tertiary/aromatic N) is 3. The fourth-order valence-electron chi connectivity index (χ4n) is 3.03. The van der Waals surface area contributed by atoms with Gasteiger partial charge in [-0.25, -0.2) is 4.98 Å². The van der Waals surface area contributed by atoms with Gasteiger partial charge < -0.3 is 15.3 Å². The first-order chi connectivity index (χ1) is 10.1. The first-order valence-corrected chi connectivity index (χ1v) is 7.46. The number of nitrogens with one attached hydrogen (secondary N) is 1. The highest BCUT2D eigenvalue weighted by molar-refractivity contribution is 5.87. The van der Waals surface area contributed by atoms with Crippen LogP contribution in [0.25, 0.3) is 11.0 Å². The van der Waals surface area contributed by atoms with Crippen molar-refractivity contribution < 1.29 is 5.11 Å². The molecule has 0 aliphatic carbocycles. The largest absolute Gasteiger partial charge is 0.388 e. The number of piperidine rings is 1. The van der Waals surface area contributed by atoms with Gasteiger partial charge in [0.15, 0.2) is 0 Å². The zero-order chi connectivity index (χ0) is 14.9. The number of aromatic nitrogens is 2. The SMILES string of the molecule is CNCC1(O)CCN(c2ccnc3ccc(C)nc23)CC1. The molecule has 0 radical (unpaired) electrons. The average Bonchev–Trinajstić information content (AvgIpc) is 2.48. The molecule has 0 atom stereocenters. The Labute approximate surface area is 125 Å². The van der Waals surface area contributed by atoms with Crippen LogP contribution in [0.5, 0.6) is 0 Å². The summed E-state index contributed by atoms with van der Waals surface area (Å²) in [6.07, 6.45) is 3.37. The minimum absolute atomic E-state index is 0.586. The summed E-state index contributed by atoms with van der Waals surface area (Å²) in [5.41, 5.74) is 3.42. The predicted octanol–water partition coefficient (Wildman–Crippen LogP) is 1.49. The van der Waals surface area contributed by atoms with Crippen LogP contribution in [0, 0.1) is 6.92 Å². The molecule has 5 heteroatoms. The smallest absolute Gasteiger partial charge is 0.112 e. The van der Waals surface area contributed by atoms with Crippen LogP contribution >= 0.6 is 0 Å². The van der Waals surface area contributed by atoms with Crippen molar-refractivity contribution in [3.8, 4) is 0 Å². The summed E-state index contributed by atoms with van der Waals surface area (Å²) in [6.45, 7) is 4.33. The molecule has 1 saturated heterocycles. The maximum Gasteiger partial charge on any atom is 0.112 e. The first kappa shape index (κ1) is 14.2. The zero-order valence-corrected chi connectivity index (χ0v) is 12.6. The Kier molecular flexibility index (Phi) is 3.78. The van der Waals surface area contributed by atoms with Crippen LogP contribution < -0.4 is 10.2 Å². The standard InChI is InChI=1S/C16H22N4O/c1-12-3-4-13-15(19-12)14(5-8-18-13)20-9-6-16(21,7-10-20)11-17-2/h3-5,8,17,21H,6-7,9-11H2,1-2H3. The molecule has 2 N–H and O–H groups in total. The second kappa shape index (κ2) is 5.58. The van der Waals surface area contributed by atoms with Crippen molar-refractivity contribution in [1.29, 1.82) is 0 Å². The maximum absolute atomic E-state index is 10.5. The third kappa shape index (κ3) is 2.84. The van der Waals surface area contributed by atoms with Gasteiger partial charge in [0.2, 0.25) is 0 Å². The Morgan fingerprint density at radius 2 is 2.05 bits per heavy atom. The number of aliphatic hydroxyl groups is 1. The fraction of sp³-hybridized carbons (Fsp3) is 0.500. The molecule has 0 aromatic carbocycles. The first-order valence-electron chi connectivity index (χ1n) is 7.46. The molecule has 3 heterocycles. The zero-order valence-electron chi connectivity index (χ0n) is 12.6. The summed E-state index contributed by atoms with van der Waals surface area (Å²) in [6, 6.07) is 6.03. The van der Waals surface area contributed by atoms with E-state index in [0.717, 1.165) is 48.3 Å². The molecule has 2 aromatic heterocycles. The number of anilines is 1. The lowest BCUT2D eigenvalue weighted by Crippen LogP contribution is -2.49. The van der Waals surface area contributed by atoms with E-state index in [1.165, 1.54) is 0 Å². The van der Waals surface area contributed by atoms with E-state index in [1.54, 1.807) is 0 Å². The highest BCUT2D eigenvalue weighted by Crippen LogP contribution is 2.29. The fourth-order valence-corrected chi connectivity index (χ4v) is 3.03. The van der Waals surface area contributed by atoms with Crippen LogP contribution in [0.1, 0.15) is 18.5 Å². The van der Waals surface area contributed by atoms with Crippen LogP contribution in [-0.4, -0.2) is 47.4 Å². The number of hydrogen-bond acceptors (Lipinski definition) is 5. The van der Waals surface area contributed by atoms with Gasteiger partial charge in [0.1, 0.15) is 5.52 Å². The lowest BCUT2D eigenvalue weighted by atomic mass is 9.91. The van der Waals surface area contributed by atoms with Gasteiger partial charge in [0, 0.05) is 31.5 Å². The molecule has 5 nitrogen and oxygen atoms in total. The average molecular weight is 286 g/mol. The summed E-state index contributed by atoms with van der Waals surface area (Å²) in [4.78, 5) is 11.3. The predicted molar refractivity (Wildman–Crippen MR) is 84.6 cm³/mol. The van der Waals surface area contributed by atoms with Gasteiger partial charge in [-0.05, 0) is 45.0 Å². The van der Waals surface area contributed by atoms with Crippen LogP contribution in [-0.2, 0) is 0 Å². The lowest BCUT2D eigenvalue weighted by molar-refractivity contribution is 0.0185. The van der Waals surface area contributed by atoms with Gasteiger partial charge in [-0.3, -0.25) is 4.98 Å². The summed E-state index contributed by atoms with van der Waals surface area (Å²) in [7, 11) is 1.88. The highest BCUT2D eigenvalue weighted by Gasteiger charge is 2.32. The van der Waals surface area contributed by atoms with Crippen LogP contribution in [0.15, 0.2) is 24.4 Å². The molecule has 1 aliphatic heterocycles. The molecular weight excluding hydrogens is 264 g/mol. The Bertz CT molecular complexity index is 635. The highest BCUT2D eigenvalue weighted by atomic mass is 16.3. The van der Waals surface area contributed by atoms with Gasteiger partial charge in [-0.1, -0.05) is 0 Å². The van der Waals surface area contributed by atoms with Crippen molar-refractivity contribution in [1.82, 2.24) is 15.3 Å². The van der Waals surface area contributed by atoms with Crippen LogP contribution in [0.2, 0.25) is 0 Å². The number of likely N-dealkylation sites (N-methyl/N-ethyl adjacent to an activating group) is 1. The summed E-state index contributed by atoms with van der Waals surface area (Å²) >= 11 is 0. The third-order valence-electron chi connectivity index (χ3n) is 4.24. The van der Waals surface area contributed by atoms with Crippen molar-refractivity contribution in [2.45, 2.75) is 25.4 Å². The minimum atomic E-state index is -0.586. The summed E-state index contributed by atoms with van der Waals surface area (Å²) in [5, 5.41) is 13.6. The summed E-state index contributed by atoms with van der Waals surface area (Å²) < 4.78 is 0. The Morgan fingerprint density at radius 3 is 2.76 bits per heavy atom. The molecule has 1 aliphatic rings. The topological polar surface area (TPSA) is 61.3 Å². The molecule has 0 saturated carbocycles. The van der Waals surface area contributed by atoms with E-state index in [4.69, 9.17) is 0 Å². The molecule has 0 unspecified atom stereocenters. The van der Waals surface area contributed by atoms with E-state index in [9.17, 15) is 5.11 Å². The van der Waals surface area contributed by atoms with E-state index in [-0.39, 0.29) is 0 Å². The number of rotatable bonds is 3. The molecule has 112 valence electrons. The minimum Gasteiger partial charge on any atom is -0.388 e. The van der Waals surface area contributed by atoms with E-state index in [1.807, 2.05) is 38.4 Å². The Morgan fingerprint density at radius 1 is 1.29 bits per heavy atom. The molecular formula is C16H22N4O. The van der Waals surface area contributed by atoms with Gasteiger partial charge >= 0.3 is 0 Å². The van der Waals surface area contributed by atoms with Crippen molar-refractivity contribution in [3.05, 3.63) is 30.1 Å². The molecule has 21 heavy (non-hydrogen) atoms. The van der Waals surface area contributed by atoms with Crippen LogP contribution in [0.3, 0.4) is 0 Å². The lowest BCUT2D eigenvalue weighted by Gasteiger charge is -2.39. The molecule has 0 spiro atoms. The van der Waals surface area contributed by atoms with Gasteiger partial charge in [0.25, 0.3) is 0 Å². The number of pyridine rings is 2. The van der Waals surface area contributed by atoms with Crippen molar-refractivity contribution in [3.63, 3.8) is 0 Å². The number of hydrogen-bond donors (Lipinski definition) is 2. The number of aryl methyl sites for hydroxylation is 1. The molecule has 0 bridgehead atoms. The second-order valence-corrected chi connectivity index (χ2v) is 5.89. The number of fused-ring (bicyclic) bond motifs is 1. The Balaban J connectivity index is 1.87. The maximum atomic E-state index is 10.5. The normalized spacial score (nSPS) is 18.1. The van der Waals surface area contributed by atoms with Crippen molar-refractivity contribution in [2.75, 3.05) is 31.6 Å². The monoisotopic (exact) mass is 286 g/mol. The van der Waals surface area contributed by atoms with E-state index < -0.39 is 5.60 Å². The second-order valence-electron chi connectivity index (χ2n) is 5.89. The molecule has 2 aromatic rings. The molecule has 0 amide bonds. The van der Waals surface area contributed by atoms with Gasteiger partial charge in [-0.2, -0.15) is 0 Å². The van der Waals surface area contributed by atoms with E-state index in [0.29, 0.717) is 6.54 Å². The van der Waals surface area contributed by atoms with E-state index in [2.05, 4.69) is 20.2 Å². The van der Waals surface area contributed by atoms with E-state index >= 15 is 0 Å². The van der Waals surface area contributed by atoms with Gasteiger partial charge in [0.05, 0.1) is 16.8 Å².